The highest BCUT2D eigenvalue weighted by Crippen LogP contribution is 2.32. The van der Waals surface area contributed by atoms with Gasteiger partial charge < -0.3 is 20.9 Å². The average Bonchev–Trinajstić information content (AvgIpc) is 3.00. The van der Waals surface area contributed by atoms with Crippen molar-refractivity contribution in [3.63, 3.8) is 0 Å². The molecule has 1 aliphatic rings. The molecule has 0 aliphatic carbocycles. The van der Waals surface area contributed by atoms with Crippen molar-refractivity contribution in [3.05, 3.63) is 52.8 Å². The van der Waals surface area contributed by atoms with Gasteiger partial charge in [-0.3, -0.25) is 4.79 Å². The molecule has 1 aliphatic heterocycles. The van der Waals surface area contributed by atoms with Crippen LogP contribution in [0.25, 0.3) is 0 Å². The van der Waals surface area contributed by atoms with Crippen molar-refractivity contribution in [2.24, 2.45) is 5.73 Å². The molecule has 1 aromatic heterocycles. The summed E-state index contributed by atoms with van der Waals surface area (Å²) in [6.45, 7) is 0.251. The van der Waals surface area contributed by atoms with E-state index in [1.807, 2.05) is 0 Å². The van der Waals surface area contributed by atoms with Gasteiger partial charge in [-0.2, -0.15) is 13.2 Å². The average molecular weight is 356 g/mol. The third-order valence-electron chi connectivity index (χ3n) is 3.91. The molecule has 1 unspecified atom stereocenters. The maximum absolute atomic E-state index is 12.8. The first kappa shape index (κ1) is 16.7. The predicted molar refractivity (Wildman–Crippen MR) is 86.6 cm³/mol. The van der Waals surface area contributed by atoms with Crippen LogP contribution in [0, 0.1) is 0 Å². The summed E-state index contributed by atoms with van der Waals surface area (Å²) < 4.78 is 38.5. The number of anilines is 1. The van der Waals surface area contributed by atoms with Gasteiger partial charge in [-0.15, -0.1) is 12.6 Å². The zero-order valence-corrected chi connectivity index (χ0v) is 13.3. The van der Waals surface area contributed by atoms with Crippen molar-refractivity contribution in [1.82, 2.24) is 10.3 Å². The van der Waals surface area contributed by atoms with Crippen molar-refractivity contribution >= 4 is 24.2 Å². The molecule has 1 atom stereocenters. The van der Waals surface area contributed by atoms with Crippen LogP contribution in [0.4, 0.5) is 18.9 Å². The number of alkyl halides is 3. The Labute approximate surface area is 141 Å². The van der Waals surface area contributed by atoms with Crippen LogP contribution >= 0.6 is 12.6 Å². The number of carbonyl (C=O) groups is 1. The molecule has 1 aromatic carbocycles. The minimum atomic E-state index is -4.42. The number of aromatic amines is 1. The first-order valence-corrected chi connectivity index (χ1v) is 7.65. The van der Waals surface area contributed by atoms with E-state index in [4.69, 9.17) is 5.73 Å². The lowest BCUT2D eigenvalue weighted by molar-refractivity contribution is -0.137. The lowest BCUT2D eigenvalue weighted by Gasteiger charge is -2.35. The number of nitrogens with one attached hydrogen (secondary N) is 2. The van der Waals surface area contributed by atoms with Crippen molar-refractivity contribution in [2.45, 2.75) is 24.8 Å². The Bertz CT molecular complexity index is 774. The maximum Gasteiger partial charge on any atom is 0.416 e. The summed E-state index contributed by atoms with van der Waals surface area (Å²) in [4.78, 5) is 16.5. The standard InChI is InChI=1S/C15H15F3N4OS/c16-15(17,18)10-2-1-8(9(5-10)6-19)7-22-11-3-4-20-12(11)13(23)21-14(22)24/h1-5,14,20,24H,6-7,19H2,(H,21,23). The largest absolute Gasteiger partial charge is 0.416 e. The molecule has 0 radical (unpaired) electrons. The fraction of sp³-hybridized carbons (Fsp3) is 0.267. The molecule has 2 aromatic rings. The number of nitrogens with zero attached hydrogens (tertiary/aromatic N) is 1. The van der Waals surface area contributed by atoms with Crippen molar-refractivity contribution in [2.75, 3.05) is 4.90 Å². The number of carbonyl (C=O) groups excluding carboxylic acids is 1. The first-order valence-electron chi connectivity index (χ1n) is 7.13. The Morgan fingerprint density at radius 2 is 2.00 bits per heavy atom. The molecule has 0 bridgehead atoms. The number of amides is 1. The Morgan fingerprint density at radius 3 is 2.67 bits per heavy atom. The smallest absolute Gasteiger partial charge is 0.355 e. The van der Waals surface area contributed by atoms with Crippen LogP contribution in [0.3, 0.4) is 0 Å². The van der Waals surface area contributed by atoms with Gasteiger partial charge in [-0.25, -0.2) is 0 Å². The van der Waals surface area contributed by atoms with Gasteiger partial charge in [-0.05, 0) is 29.3 Å². The number of fused-ring (bicyclic) bond motifs is 1. The van der Waals surface area contributed by atoms with Crippen LogP contribution in [0.1, 0.15) is 27.2 Å². The van der Waals surface area contributed by atoms with Crippen molar-refractivity contribution < 1.29 is 18.0 Å². The van der Waals surface area contributed by atoms with E-state index in [1.165, 1.54) is 6.07 Å². The number of halogens is 3. The molecular formula is C15H15F3N4OS. The fourth-order valence-electron chi connectivity index (χ4n) is 2.68. The van der Waals surface area contributed by atoms with Gasteiger partial charge in [-0.1, -0.05) is 6.07 Å². The second kappa shape index (κ2) is 6.06. The summed E-state index contributed by atoms with van der Waals surface area (Å²) in [6.07, 6.45) is -2.79. The third-order valence-corrected chi connectivity index (χ3v) is 4.32. The normalized spacial score (nSPS) is 17.6. The molecule has 2 heterocycles. The number of nitrogens with two attached hydrogens (primary N) is 1. The first-order chi connectivity index (χ1) is 11.3. The van der Waals surface area contributed by atoms with E-state index in [1.54, 1.807) is 17.2 Å². The summed E-state index contributed by atoms with van der Waals surface area (Å²) in [5, 5.41) is 2.67. The molecule has 0 saturated carbocycles. The van der Waals surface area contributed by atoms with E-state index in [0.29, 0.717) is 22.5 Å². The highest BCUT2D eigenvalue weighted by Gasteiger charge is 2.32. The minimum Gasteiger partial charge on any atom is -0.355 e. The van der Waals surface area contributed by atoms with Gasteiger partial charge in [0.25, 0.3) is 5.91 Å². The van der Waals surface area contributed by atoms with Crippen molar-refractivity contribution in [1.29, 1.82) is 0 Å². The molecule has 1 amide bonds. The van der Waals surface area contributed by atoms with E-state index in [9.17, 15) is 18.0 Å². The predicted octanol–water partition coefficient (Wildman–Crippen LogP) is 2.46. The van der Waals surface area contributed by atoms with E-state index >= 15 is 0 Å². The van der Waals surface area contributed by atoms with E-state index in [2.05, 4.69) is 22.9 Å². The second-order valence-corrected chi connectivity index (χ2v) is 5.89. The van der Waals surface area contributed by atoms with Crippen LogP contribution in [-0.4, -0.2) is 16.4 Å². The minimum absolute atomic E-state index is 0.0172. The van der Waals surface area contributed by atoms with Crippen LogP contribution in [0.15, 0.2) is 30.5 Å². The number of hydrogen-bond donors (Lipinski definition) is 4. The van der Waals surface area contributed by atoms with Gasteiger partial charge in [0.15, 0.2) is 0 Å². The zero-order valence-electron chi connectivity index (χ0n) is 12.4. The molecule has 4 N–H and O–H groups in total. The fourth-order valence-corrected chi connectivity index (χ4v) is 3.01. The lowest BCUT2D eigenvalue weighted by Crippen LogP contribution is -2.49. The maximum atomic E-state index is 12.8. The summed E-state index contributed by atoms with van der Waals surface area (Å²) in [5.74, 6) is -0.280. The number of benzene rings is 1. The topological polar surface area (TPSA) is 74.1 Å². The van der Waals surface area contributed by atoms with Crippen LogP contribution in [-0.2, 0) is 19.3 Å². The highest BCUT2D eigenvalue weighted by molar-refractivity contribution is 7.81. The molecule has 0 spiro atoms. The molecule has 5 nitrogen and oxygen atoms in total. The molecule has 128 valence electrons. The van der Waals surface area contributed by atoms with E-state index in [0.717, 1.165) is 12.1 Å². The van der Waals surface area contributed by atoms with E-state index < -0.39 is 17.2 Å². The Kier molecular flexibility index (Phi) is 4.22. The second-order valence-electron chi connectivity index (χ2n) is 5.40. The van der Waals surface area contributed by atoms with Gasteiger partial charge in [0, 0.05) is 19.3 Å². The number of hydrogen-bond acceptors (Lipinski definition) is 4. The monoisotopic (exact) mass is 356 g/mol. The quantitative estimate of drug-likeness (QED) is 0.639. The lowest BCUT2D eigenvalue weighted by atomic mass is 10.0. The highest BCUT2D eigenvalue weighted by atomic mass is 32.1. The number of H-pyrrole nitrogens is 1. The summed E-state index contributed by atoms with van der Waals surface area (Å²) in [7, 11) is 0. The van der Waals surface area contributed by atoms with Gasteiger partial charge in [0.1, 0.15) is 11.2 Å². The molecule has 3 rings (SSSR count). The molecule has 9 heteroatoms. The molecule has 0 saturated heterocycles. The Morgan fingerprint density at radius 1 is 1.25 bits per heavy atom. The van der Waals surface area contributed by atoms with Gasteiger partial charge in [0.2, 0.25) is 0 Å². The molecule has 0 fully saturated rings. The third kappa shape index (κ3) is 2.96. The van der Waals surface area contributed by atoms with E-state index in [-0.39, 0.29) is 19.0 Å². The SMILES string of the molecule is NCc1cc(C(F)(F)F)ccc1CN1c2cc[nH]c2C(=O)NC1S. The zero-order chi connectivity index (χ0) is 17.5. The van der Waals surface area contributed by atoms with Crippen LogP contribution < -0.4 is 16.0 Å². The summed E-state index contributed by atoms with van der Waals surface area (Å²) >= 11 is 4.34. The number of thiol groups is 1. The molecule has 24 heavy (non-hydrogen) atoms. The Hall–Kier alpha value is -2.13. The summed E-state index contributed by atoms with van der Waals surface area (Å²) in [5.41, 5.74) is 6.38. The van der Waals surface area contributed by atoms with Crippen LogP contribution in [0.5, 0.6) is 0 Å². The van der Waals surface area contributed by atoms with Crippen LogP contribution in [0.2, 0.25) is 0 Å². The Balaban J connectivity index is 1.94. The number of rotatable bonds is 3. The van der Waals surface area contributed by atoms with Gasteiger partial charge >= 0.3 is 6.18 Å². The van der Waals surface area contributed by atoms with Gasteiger partial charge in [0.05, 0.1) is 11.3 Å². The summed E-state index contributed by atoms with van der Waals surface area (Å²) in [6, 6.07) is 5.23. The number of aromatic nitrogens is 1. The van der Waals surface area contributed by atoms with Crippen molar-refractivity contribution in [3.8, 4) is 0 Å². The molecular weight excluding hydrogens is 341 g/mol.